The highest BCUT2D eigenvalue weighted by Gasteiger charge is 2.44. The summed E-state index contributed by atoms with van der Waals surface area (Å²) < 4.78 is 14.2. The normalized spacial score (nSPS) is 18.0. The zero-order chi connectivity index (χ0) is 16.4. The van der Waals surface area contributed by atoms with Gasteiger partial charge < -0.3 is 4.55 Å². The van der Waals surface area contributed by atoms with E-state index in [1.807, 2.05) is 24.3 Å². The van der Waals surface area contributed by atoms with Crippen LogP contribution in [0.4, 0.5) is 0 Å². The Labute approximate surface area is 144 Å². The summed E-state index contributed by atoms with van der Waals surface area (Å²) in [5, 5.41) is 1.11. The van der Waals surface area contributed by atoms with Gasteiger partial charge in [0.25, 0.3) is 0 Å². The molecule has 0 saturated heterocycles. The Hall–Kier alpha value is -1.30. The highest BCUT2D eigenvalue weighted by atomic mass is 35.5. The van der Waals surface area contributed by atoms with Crippen molar-refractivity contribution in [2.45, 2.75) is 36.3 Å². The Bertz CT molecular complexity index is 693. The number of halogens is 1. The molecule has 1 aliphatic carbocycles. The van der Waals surface area contributed by atoms with Gasteiger partial charge in [0.05, 0.1) is 11.6 Å². The molecular weight excluding hydrogens is 332 g/mol. The van der Waals surface area contributed by atoms with E-state index in [4.69, 9.17) is 11.6 Å². The fourth-order valence-corrected chi connectivity index (χ4v) is 4.70. The van der Waals surface area contributed by atoms with Crippen LogP contribution in [0.3, 0.4) is 0 Å². The Morgan fingerprint density at radius 2 is 2.00 bits per heavy atom. The van der Waals surface area contributed by atoms with Crippen molar-refractivity contribution < 1.29 is 9.35 Å². The summed E-state index contributed by atoms with van der Waals surface area (Å²) in [6.07, 6.45) is 6.99. The van der Waals surface area contributed by atoms with Gasteiger partial charge >= 0.3 is 5.16 Å². The molecular formula is C17H19ClN2O2S. The van der Waals surface area contributed by atoms with E-state index in [9.17, 15) is 9.35 Å². The summed E-state index contributed by atoms with van der Waals surface area (Å²) in [5.74, 6) is 0.0478. The highest BCUT2D eigenvalue weighted by Crippen LogP contribution is 2.42. The van der Waals surface area contributed by atoms with Crippen molar-refractivity contribution in [2.24, 2.45) is 7.05 Å². The predicted octanol–water partition coefficient (Wildman–Crippen LogP) is 3.26. The standard InChI is InChI=1S/C17H19ClN2O2S/c1-20-11-10-19-16(20)23(22)12-15(21)17(8-2-3-9-17)13-4-6-14(18)7-5-13/h4-7,10-11H,2-3,8-9,12H2,1H3. The first-order valence-electron chi connectivity index (χ1n) is 7.68. The number of nitrogens with zero attached hydrogens (tertiary/aromatic N) is 2. The van der Waals surface area contributed by atoms with E-state index in [0.29, 0.717) is 10.2 Å². The fraction of sp³-hybridized carbons (Fsp3) is 0.412. The van der Waals surface area contributed by atoms with E-state index in [1.165, 1.54) is 0 Å². The van der Waals surface area contributed by atoms with Crippen LogP contribution in [-0.4, -0.2) is 25.6 Å². The van der Waals surface area contributed by atoms with Gasteiger partial charge in [-0.2, -0.15) is 4.98 Å². The van der Waals surface area contributed by atoms with Gasteiger partial charge in [-0.25, -0.2) is 0 Å². The lowest BCUT2D eigenvalue weighted by Crippen LogP contribution is -2.37. The molecule has 6 heteroatoms. The van der Waals surface area contributed by atoms with E-state index in [1.54, 1.807) is 24.0 Å². The average molecular weight is 351 g/mol. The lowest BCUT2D eigenvalue weighted by Gasteiger charge is -2.28. The van der Waals surface area contributed by atoms with Crippen LogP contribution in [-0.2, 0) is 28.4 Å². The lowest BCUT2D eigenvalue weighted by atomic mass is 9.76. The van der Waals surface area contributed by atoms with Crippen LogP contribution in [0.25, 0.3) is 0 Å². The number of Topliss-reactive ketones (excluding diaryl/α,β-unsaturated/α-hetero) is 1. The molecule has 1 aliphatic rings. The number of ketones is 1. The molecule has 2 aromatic rings. The Kier molecular flexibility index (Phi) is 4.80. The molecule has 0 bridgehead atoms. The Morgan fingerprint density at radius 3 is 2.57 bits per heavy atom. The van der Waals surface area contributed by atoms with Crippen molar-refractivity contribution in [3.8, 4) is 0 Å². The molecule has 23 heavy (non-hydrogen) atoms. The van der Waals surface area contributed by atoms with Crippen LogP contribution in [0.5, 0.6) is 0 Å². The average Bonchev–Trinajstić information content (AvgIpc) is 3.17. The van der Waals surface area contributed by atoms with Gasteiger partial charge in [-0.3, -0.25) is 9.36 Å². The molecule has 1 fully saturated rings. The number of aryl methyl sites for hydroxylation is 1. The summed E-state index contributed by atoms with van der Waals surface area (Å²) in [6, 6.07) is 7.49. The monoisotopic (exact) mass is 350 g/mol. The number of rotatable bonds is 5. The molecule has 0 N–H and O–H groups in total. The molecule has 3 rings (SSSR count). The van der Waals surface area contributed by atoms with Crippen molar-refractivity contribution >= 4 is 28.6 Å². The summed E-state index contributed by atoms with van der Waals surface area (Å²) >= 11 is 4.55. The van der Waals surface area contributed by atoms with Crippen LogP contribution in [0, 0.1) is 0 Å². The van der Waals surface area contributed by atoms with Crippen LogP contribution in [0.1, 0.15) is 31.2 Å². The van der Waals surface area contributed by atoms with E-state index < -0.39 is 16.6 Å². The van der Waals surface area contributed by atoms with E-state index in [2.05, 4.69) is 4.98 Å². The smallest absolute Gasteiger partial charge is 0.323 e. The second-order valence-electron chi connectivity index (χ2n) is 6.03. The van der Waals surface area contributed by atoms with Gasteiger partial charge in [0.2, 0.25) is 0 Å². The van der Waals surface area contributed by atoms with Crippen LogP contribution in [0.2, 0.25) is 5.02 Å². The van der Waals surface area contributed by atoms with Gasteiger partial charge in [0.15, 0.2) is 11.5 Å². The number of carbonyl (C=O) groups excluding carboxylic acids is 1. The first kappa shape index (κ1) is 16.6. The van der Waals surface area contributed by atoms with Gasteiger partial charge in [0, 0.05) is 29.4 Å². The number of imidazole rings is 1. The van der Waals surface area contributed by atoms with Gasteiger partial charge in [-0.15, -0.1) is 0 Å². The quantitative estimate of drug-likeness (QED) is 0.778. The molecule has 1 atom stereocenters. The van der Waals surface area contributed by atoms with Crippen molar-refractivity contribution in [3.05, 3.63) is 47.2 Å². The molecule has 0 amide bonds. The number of hydrogen-bond donors (Lipinski definition) is 0. The molecule has 1 saturated carbocycles. The second kappa shape index (κ2) is 6.67. The number of aromatic nitrogens is 2. The molecule has 122 valence electrons. The fourth-order valence-electron chi connectivity index (χ4n) is 3.37. The molecule has 1 aromatic carbocycles. The highest BCUT2D eigenvalue weighted by molar-refractivity contribution is 7.92. The maximum absolute atomic E-state index is 13.0. The number of hydrogen-bond acceptors (Lipinski definition) is 3. The van der Waals surface area contributed by atoms with Crippen molar-refractivity contribution in [3.63, 3.8) is 0 Å². The zero-order valence-electron chi connectivity index (χ0n) is 13.0. The number of carbonyl (C=O) groups is 1. The first-order valence-corrected chi connectivity index (χ1v) is 9.38. The van der Waals surface area contributed by atoms with Gasteiger partial charge in [-0.05, 0) is 30.5 Å². The SMILES string of the molecule is Cn1ccnc1[S+]([O-])CC(=O)C1(c2ccc(Cl)cc2)CCCC1. The van der Waals surface area contributed by atoms with Gasteiger partial charge in [-0.1, -0.05) is 36.6 Å². The molecule has 4 nitrogen and oxygen atoms in total. The predicted molar refractivity (Wildman–Crippen MR) is 91.1 cm³/mol. The minimum atomic E-state index is -1.42. The summed E-state index contributed by atoms with van der Waals surface area (Å²) in [4.78, 5) is 17.1. The van der Waals surface area contributed by atoms with E-state index in [0.717, 1.165) is 31.2 Å². The molecule has 1 unspecified atom stereocenters. The lowest BCUT2D eigenvalue weighted by molar-refractivity contribution is -0.122. The topological polar surface area (TPSA) is 57.9 Å². The largest absolute Gasteiger partial charge is 0.609 e. The first-order chi connectivity index (χ1) is 11.0. The Balaban J connectivity index is 1.85. The third-order valence-electron chi connectivity index (χ3n) is 4.63. The summed E-state index contributed by atoms with van der Waals surface area (Å²) in [6.45, 7) is 0. The maximum atomic E-state index is 13.0. The van der Waals surface area contributed by atoms with Crippen LogP contribution in [0.15, 0.2) is 41.8 Å². The summed E-state index contributed by atoms with van der Waals surface area (Å²) in [7, 11) is 1.79. The third kappa shape index (κ3) is 3.18. The second-order valence-corrected chi connectivity index (χ2v) is 7.81. The van der Waals surface area contributed by atoms with Crippen molar-refractivity contribution in [2.75, 3.05) is 5.75 Å². The van der Waals surface area contributed by atoms with Gasteiger partial charge in [0.1, 0.15) is 0 Å². The van der Waals surface area contributed by atoms with Crippen LogP contribution >= 0.6 is 11.6 Å². The maximum Gasteiger partial charge on any atom is 0.323 e. The molecule has 0 spiro atoms. The van der Waals surface area contributed by atoms with Crippen molar-refractivity contribution in [1.82, 2.24) is 9.55 Å². The van der Waals surface area contributed by atoms with E-state index in [-0.39, 0.29) is 11.5 Å². The van der Waals surface area contributed by atoms with E-state index >= 15 is 0 Å². The molecule has 0 aliphatic heterocycles. The van der Waals surface area contributed by atoms with Crippen molar-refractivity contribution in [1.29, 1.82) is 0 Å². The minimum Gasteiger partial charge on any atom is -0.609 e. The molecule has 1 aromatic heterocycles. The zero-order valence-corrected chi connectivity index (χ0v) is 14.6. The van der Waals surface area contributed by atoms with Crippen LogP contribution < -0.4 is 0 Å². The Morgan fingerprint density at radius 1 is 1.35 bits per heavy atom. The summed E-state index contributed by atoms with van der Waals surface area (Å²) in [5.41, 5.74) is 0.465. The minimum absolute atomic E-state index is 0.00742. The number of benzene rings is 1. The molecule has 0 radical (unpaired) electrons. The third-order valence-corrected chi connectivity index (χ3v) is 6.21. The molecule has 1 heterocycles.